The van der Waals surface area contributed by atoms with Gasteiger partial charge in [-0.1, -0.05) is 60.7 Å². The molecule has 1 aromatic heterocycles. The van der Waals surface area contributed by atoms with Crippen molar-refractivity contribution in [3.63, 3.8) is 0 Å². The van der Waals surface area contributed by atoms with E-state index in [9.17, 15) is 9.59 Å². The number of carboxylic acid groups (broad SMARTS) is 1. The fourth-order valence-electron chi connectivity index (χ4n) is 3.55. The number of unbranched alkanes of at least 4 members (excludes halogenated alkanes) is 1. The predicted octanol–water partition coefficient (Wildman–Crippen LogP) is 4.68. The van der Waals surface area contributed by atoms with Crippen molar-refractivity contribution in [1.29, 1.82) is 0 Å². The Labute approximate surface area is 162 Å². The second kappa shape index (κ2) is 7.64. The molecule has 0 fully saturated rings. The summed E-state index contributed by atoms with van der Waals surface area (Å²) in [5.41, 5.74) is 1.96. The minimum absolute atomic E-state index is 0.0997. The summed E-state index contributed by atoms with van der Waals surface area (Å²) < 4.78 is 1.82. The lowest BCUT2D eigenvalue weighted by Crippen LogP contribution is -2.06. The van der Waals surface area contributed by atoms with Crippen LogP contribution >= 0.6 is 0 Å². The van der Waals surface area contributed by atoms with Crippen molar-refractivity contribution >= 4 is 33.4 Å². The fraction of sp³-hybridized carbons (Fsp3) is 0.174. The van der Waals surface area contributed by atoms with Crippen molar-refractivity contribution in [3.05, 3.63) is 78.0 Å². The zero-order valence-corrected chi connectivity index (χ0v) is 15.3. The number of carbonyl (C=O) groups is 2. The molecule has 5 heteroatoms. The Bertz CT molecular complexity index is 1170. The van der Waals surface area contributed by atoms with E-state index < -0.39 is 5.97 Å². The van der Waals surface area contributed by atoms with Gasteiger partial charge in [-0.2, -0.15) is 5.10 Å². The topological polar surface area (TPSA) is 72.2 Å². The largest absolute Gasteiger partial charge is 0.481 e. The van der Waals surface area contributed by atoms with Gasteiger partial charge in [0.2, 0.25) is 5.78 Å². The monoisotopic (exact) mass is 372 g/mol. The van der Waals surface area contributed by atoms with Gasteiger partial charge in [0.25, 0.3) is 0 Å². The van der Waals surface area contributed by atoms with Crippen LogP contribution in [-0.2, 0) is 11.3 Å². The van der Waals surface area contributed by atoms with Gasteiger partial charge in [-0.3, -0.25) is 14.3 Å². The number of rotatable bonds is 7. The summed E-state index contributed by atoms with van der Waals surface area (Å²) >= 11 is 0. The Morgan fingerprint density at radius 1 is 0.857 bits per heavy atom. The molecule has 0 radical (unpaired) electrons. The van der Waals surface area contributed by atoms with Crippen molar-refractivity contribution in [2.75, 3.05) is 0 Å². The van der Waals surface area contributed by atoms with Crippen molar-refractivity contribution in [1.82, 2.24) is 9.78 Å². The third-order valence-corrected chi connectivity index (χ3v) is 4.92. The number of hydrogen-bond donors (Lipinski definition) is 1. The third kappa shape index (κ3) is 3.39. The summed E-state index contributed by atoms with van der Waals surface area (Å²) in [5, 5.41) is 16.2. The van der Waals surface area contributed by atoms with Crippen LogP contribution in [0.2, 0.25) is 0 Å². The van der Waals surface area contributed by atoms with E-state index >= 15 is 0 Å². The Kier molecular flexibility index (Phi) is 4.89. The summed E-state index contributed by atoms with van der Waals surface area (Å²) in [6.07, 6.45) is 1.41. The highest BCUT2D eigenvalue weighted by Crippen LogP contribution is 2.25. The SMILES string of the molecule is O=C(O)CCCCn1nc(C(=O)c2cccc3ccccc23)c2ccccc21. The van der Waals surface area contributed by atoms with Crippen molar-refractivity contribution < 1.29 is 14.7 Å². The first kappa shape index (κ1) is 17.9. The first-order valence-corrected chi connectivity index (χ1v) is 9.35. The number of aromatic nitrogens is 2. The third-order valence-electron chi connectivity index (χ3n) is 4.92. The van der Waals surface area contributed by atoms with Gasteiger partial charge in [0, 0.05) is 23.9 Å². The molecule has 3 aromatic carbocycles. The van der Waals surface area contributed by atoms with Gasteiger partial charge >= 0.3 is 5.97 Å². The Balaban J connectivity index is 1.72. The van der Waals surface area contributed by atoms with Crippen LogP contribution in [0.1, 0.15) is 35.3 Å². The number of fused-ring (bicyclic) bond motifs is 2. The normalized spacial score (nSPS) is 11.1. The molecular weight excluding hydrogens is 352 g/mol. The molecule has 0 bridgehead atoms. The highest BCUT2D eigenvalue weighted by atomic mass is 16.4. The highest BCUT2D eigenvalue weighted by Gasteiger charge is 2.20. The highest BCUT2D eigenvalue weighted by molar-refractivity contribution is 6.20. The molecule has 1 N–H and O–H groups in total. The predicted molar refractivity (Wildman–Crippen MR) is 109 cm³/mol. The van der Waals surface area contributed by atoms with Crippen LogP contribution in [0.3, 0.4) is 0 Å². The zero-order valence-electron chi connectivity index (χ0n) is 15.3. The summed E-state index contributed by atoms with van der Waals surface area (Å²) in [7, 11) is 0. The molecular formula is C23H20N2O3. The number of hydrogen-bond acceptors (Lipinski definition) is 3. The van der Waals surface area contributed by atoms with Crippen molar-refractivity contribution in [3.8, 4) is 0 Å². The minimum Gasteiger partial charge on any atom is -0.481 e. The summed E-state index contributed by atoms with van der Waals surface area (Å²) in [4.78, 5) is 24.1. The van der Waals surface area contributed by atoms with Gasteiger partial charge < -0.3 is 5.11 Å². The number of benzene rings is 3. The quantitative estimate of drug-likeness (QED) is 0.378. The number of nitrogens with zero attached hydrogens (tertiary/aromatic N) is 2. The Morgan fingerprint density at radius 2 is 1.57 bits per heavy atom. The number of aliphatic carboxylic acids is 1. The first-order valence-electron chi connectivity index (χ1n) is 9.35. The fourth-order valence-corrected chi connectivity index (χ4v) is 3.55. The summed E-state index contributed by atoms with van der Waals surface area (Å²) in [6.45, 7) is 0.580. The van der Waals surface area contributed by atoms with Gasteiger partial charge in [-0.15, -0.1) is 0 Å². The van der Waals surface area contributed by atoms with Crippen molar-refractivity contribution in [2.45, 2.75) is 25.8 Å². The van der Waals surface area contributed by atoms with Gasteiger partial charge in [0.15, 0.2) is 0 Å². The van der Waals surface area contributed by atoms with Gasteiger partial charge in [0.1, 0.15) is 5.69 Å². The minimum atomic E-state index is -0.794. The van der Waals surface area contributed by atoms with E-state index in [1.807, 2.05) is 71.4 Å². The van der Waals surface area contributed by atoms with Crippen LogP contribution in [0.5, 0.6) is 0 Å². The van der Waals surface area contributed by atoms with E-state index in [1.54, 1.807) is 0 Å². The molecule has 0 aliphatic heterocycles. The zero-order chi connectivity index (χ0) is 19.5. The van der Waals surface area contributed by atoms with E-state index in [0.717, 1.165) is 21.7 Å². The van der Waals surface area contributed by atoms with Gasteiger partial charge in [-0.25, -0.2) is 0 Å². The molecule has 0 saturated carbocycles. The van der Waals surface area contributed by atoms with Gasteiger partial charge in [-0.05, 0) is 29.7 Å². The lowest BCUT2D eigenvalue weighted by Gasteiger charge is -2.04. The number of ketones is 1. The van der Waals surface area contributed by atoms with Crippen LogP contribution in [0.15, 0.2) is 66.7 Å². The van der Waals surface area contributed by atoms with Crippen LogP contribution in [0, 0.1) is 0 Å². The number of aryl methyl sites for hydroxylation is 1. The molecule has 4 aromatic rings. The molecule has 0 aliphatic rings. The molecule has 140 valence electrons. The molecule has 4 rings (SSSR count). The average molecular weight is 372 g/mol. The van der Waals surface area contributed by atoms with Gasteiger partial charge in [0.05, 0.1) is 5.52 Å². The lowest BCUT2D eigenvalue weighted by atomic mass is 9.99. The summed E-state index contributed by atoms with van der Waals surface area (Å²) in [5.74, 6) is -0.894. The molecule has 0 saturated heterocycles. The molecule has 0 atom stereocenters. The molecule has 0 amide bonds. The summed E-state index contributed by atoms with van der Waals surface area (Å²) in [6, 6.07) is 21.2. The lowest BCUT2D eigenvalue weighted by molar-refractivity contribution is -0.137. The van der Waals surface area contributed by atoms with Crippen LogP contribution in [0.4, 0.5) is 0 Å². The van der Waals surface area contributed by atoms with E-state index in [2.05, 4.69) is 5.10 Å². The maximum Gasteiger partial charge on any atom is 0.303 e. The number of carbonyl (C=O) groups excluding carboxylic acids is 1. The van der Waals surface area contributed by atoms with E-state index in [-0.39, 0.29) is 12.2 Å². The molecule has 0 spiro atoms. The van der Waals surface area contributed by atoms with E-state index in [0.29, 0.717) is 30.6 Å². The standard InChI is InChI=1S/C23H20N2O3/c26-21(27)14-5-6-15-25-20-13-4-3-11-19(20)22(24-25)23(28)18-12-7-9-16-8-1-2-10-17(16)18/h1-4,7-13H,5-6,14-15H2,(H,26,27). The maximum atomic E-state index is 13.4. The molecule has 0 aliphatic carbocycles. The Hall–Kier alpha value is -3.47. The van der Waals surface area contributed by atoms with Crippen molar-refractivity contribution in [2.24, 2.45) is 0 Å². The average Bonchev–Trinajstić information content (AvgIpc) is 3.09. The first-order chi connectivity index (χ1) is 13.6. The van der Waals surface area contributed by atoms with Crippen LogP contribution in [-0.4, -0.2) is 26.6 Å². The smallest absolute Gasteiger partial charge is 0.303 e. The second-order valence-corrected chi connectivity index (χ2v) is 6.80. The Morgan fingerprint density at radius 3 is 2.39 bits per heavy atom. The van der Waals surface area contributed by atoms with E-state index in [1.165, 1.54) is 0 Å². The van der Waals surface area contributed by atoms with Crippen LogP contribution in [0.25, 0.3) is 21.7 Å². The molecule has 0 unspecified atom stereocenters. The molecule has 5 nitrogen and oxygen atoms in total. The number of para-hydroxylation sites is 1. The molecule has 1 heterocycles. The molecule has 28 heavy (non-hydrogen) atoms. The number of carboxylic acids is 1. The maximum absolute atomic E-state index is 13.4. The van der Waals surface area contributed by atoms with Crippen LogP contribution < -0.4 is 0 Å². The second-order valence-electron chi connectivity index (χ2n) is 6.80. The van der Waals surface area contributed by atoms with E-state index in [4.69, 9.17) is 5.11 Å².